The van der Waals surface area contributed by atoms with Gasteiger partial charge in [-0.2, -0.15) is 10.2 Å². The first-order valence-corrected chi connectivity index (χ1v) is 5.93. The monoisotopic (exact) mass is 257 g/mol. The number of nitrogens with one attached hydrogen (secondary N) is 1. The lowest BCUT2D eigenvalue weighted by atomic mass is 10.1. The SMILES string of the molecule is Cc1cc(C(=O)Nc2ccccc2CO)c(C)nn1. The first-order chi connectivity index (χ1) is 9.11. The summed E-state index contributed by atoms with van der Waals surface area (Å²) >= 11 is 0. The number of aliphatic hydroxyl groups excluding tert-OH is 1. The van der Waals surface area contributed by atoms with Gasteiger partial charge in [-0.15, -0.1) is 0 Å². The van der Waals surface area contributed by atoms with Crippen molar-refractivity contribution in [2.24, 2.45) is 0 Å². The molecular weight excluding hydrogens is 242 g/mol. The van der Waals surface area contributed by atoms with Crippen molar-refractivity contribution in [1.29, 1.82) is 0 Å². The number of aliphatic hydroxyl groups is 1. The zero-order valence-corrected chi connectivity index (χ0v) is 10.8. The number of benzene rings is 1. The smallest absolute Gasteiger partial charge is 0.257 e. The molecule has 0 aliphatic rings. The predicted octanol–water partition coefficient (Wildman–Crippen LogP) is 1.84. The number of hydrogen-bond donors (Lipinski definition) is 2. The van der Waals surface area contributed by atoms with E-state index in [9.17, 15) is 9.90 Å². The fourth-order valence-corrected chi connectivity index (χ4v) is 1.75. The molecule has 0 saturated carbocycles. The van der Waals surface area contributed by atoms with Crippen molar-refractivity contribution in [2.45, 2.75) is 20.5 Å². The van der Waals surface area contributed by atoms with Gasteiger partial charge in [-0.3, -0.25) is 4.79 Å². The quantitative estimate of drug-likeness (QED) is 0.879. The molecule has 98 valence electrons. The molecule has 0 aliphatic carbocycles. The van der Waals surface area contributed by atoms with E-state index in [0.717, 1.165) is 0 Å². The maximum atomic E-state index is 12.2. The van der Waals surface area contributed by atoms with Crippen LogP contribution in [0.2, 0.25) is 0 Å². The lowest BCUT2D eigenvalue weighted by Crippen LogP contribution is -2.16. The molecule has 1 aromatic carbocycles. The minimum absolute atomic E-state index is 0.122. The Hall–Kier alpha value is -2.27. The highest BCUT2D eigenvalue weighted by molar-refractivity contribution is 6.05. The van der Waals surface area contributed by atoms with E-state index in [1.165, 1.54) is 0 Å². The van der Waals surface area contributed by atoms with Crippen molar-refractivity contribution < 1.29 is 9.90 Å². The number of para-hydroxylation sites is 1. The van der Waals surface area contributed by atoms with Crippen LogP contribution in [0, 0.1) is 13.8 Å². The third-order valence-corrected chi connectivity index (χ3v) is 2.78. The van der Waals surface area contributed by atoms with Gasteiger partial charge in [-0.25, -0.2) is 0 Å². The van der Waals surface area contributed by atoms with Crippen LogP contribution in [0.15, 0.2) is 30.3 Å². The van der Waals surface area contributed by atoms with Gasteiger partial charge in [0.2, 0.25) is 0 Å². The van der Waals surface area contributed by atoms with Crippen molar-refractivity contribution in [3.05, 3.63) is 52.8 Å². The lowest BCUT2D eigenvalue weighted by Gasteiger charge is -2.10. The molecule has 1 amide bonds. The molecule has 1 heterocycles. The second-order valence-corrected chi connectivity index (χ2v) is 4.25. The van der Waals surface area contributed by atoms with Gasteiger partial charge < -0.3 is 10.4 Å². The second kappa shape index (κ2) is 5.58. The van der Waals surface area contributed by atoms with E-state index in [4.69, 9.17) is 0 Å². The topological polar surface area (TPSA) is 75.1 Å². The molecule has 2 rings (SSSR count). The summed E-state index contributed by atoms with van der Waals surface area (Å²) in [6.45, 7) is 3.40. The van der Waals surface area contributed by atoms with Gasteiger partial charge in [-0.1, -0.05) is 18.2 Å². The van der Waals surface area contributed by atoms with Gasteiger partial charge in [0, 0.05) is 11.3 Å². The summed E-state index contributed by atoms with van der Waals surface area (Å²) in [7, 11) is 0. The van der Waals surface area contributed by atoms with Crippen molar-refractivity contribution in [1.82, 2.24) is 10.2 Å². The Kier molecular flexibility index (Phi) is 3.87. The number of anilines is 1. The van der Waals surface area contributed by atoms with Crippen LogP contribution in [-0.2, 0) is 6.61 Å². The van der Waals surface area contributed by atoms with Gasteiger partial charge in [-0.05, 0) is 26.0 Å². The molecule has 0 bridgehead atoms. The van der Waals surface area contributed by atoms with Crippen molar-refractivity contribution >= 4 is 11.6 Å². The Balaban J connectivity index is 2.28. The average molecular weight is 257 g/mol. The summed E-state index contributed by atoms with van der Waals surface area (Å²) in [6.07, 6.45) is 0. The fourth-order valence-electron chi connectivity index (χ4n) is 1.75. The van der Waals surface area contributed by atoms with Gasteiger partial charge >= 0.3 is 0 Å². The number of amides is 1. The number of carbonyl (C=O) groups excluding carboxylic acids is 1. The lowest BCUT2D eigenvalue weighted by molar-refractivity contribution is 0.102. The molecule has 0 saturated heterocycles. The fraction of sp³-hybridized carbons (Fsp3) is 0.214. The molecule has 5 heteroatoms. The molecule has 19 heavy (non-hydrogen) atoms. The minimum atomic E-state index is -0.253. The van der Waals surface area contributed by atoms with E-state index in [-0.39, 0.29) is 12.5 Å². The van der Waals surface area contributed by atoms with E-state index in [2.05, 4.69) is 15.5 Å². The van der Waals surface area contributed by atoms with Crippen molar-refractivity contribution in [2.75, 3.05) is 5.32 Å². The van der Waals surface area contributed by atoms with Crippen LogP contribution in [0.5, 0.6) is 0 Å². The standard InChI is InChI=1S/C14H15N3O2/c1-9-7-12(10(2)17-16-9)14(19)15-13-6-4-3-5-11(13)8-18/h3-7,18H,8H2,1-2H3,(H,15,19). The highest BCUT2D eigenvalue weighted by Gasteiger charge is 2.12. The van der Waals surface area contributed by atoms with E-state index in [1.54, 1.807) is 38.1 Å². The van der Waals surface area contributed by atoms with Crippen molar-refractivity contribution in [3.8, 4) is 0 Å². The van der Waals surface area contributed by atoms with E-state index >= 15 is 0 Å². The summed E-state index contributed by atoms with van der Waals surface area (Å²) < 4.78 is 0. The Morgan fingerprint density at radius 1 is 1.26 bits per heavy atom. The zero-order valence-electron chi connectivity index (χ0n) is 10.8. The molecule has 2 aromatic rings. The van der Waals surface area contributed by atoms with Crippen LogP contribution in [0.1, 0.15) is 27.3 Å². The predicted molar refractivity (Wildman–Crippen MR) is 71.8 cm³/mol. The molecule has 0 aliphatic heterocycles. The minimum Gasteiger partial charge on any atom is -0.392 e. The maximum Gasteiger partial charge on any atom is 0.257 e. The summed E-state index contributed by atoms with van der Waals surface area (Å²) in [4.78, 5) is 12.2. The Morgan fingerprint density at radius 3 is 2.74 bits per heavy atom. The summed E-state index contributed by atoms with van der Waals surface area (Å²) in [5, 5.41) is 19.8. The molecular formula is C14H15N3O2. The average Bonchev–Trinajstić information content (AvgIpc) is 2.42. The van der Waals surface area contributed by atoms with Crippen LogP contribution >= 0.6 is 0 Å². The number of rotatable bonds is 3. The van der Waals surface area contributed by atoms with Crippen LogP contribution in [0.3, 0.4) is 0 Å². The normalized spacial score (nSPS) is 10.3. The van der Waals surface area contributed by atoms with Crippen molar-refractivity contribution in [3.63, 3.8) is 0 Å². The highest BCUT2D eigenvalue weighted by Crippen LogP contribution is 2.16. The van der Waals surface area contributed by atoms with Gasteiger partial charge in [0.05, 0.1) is 23.6 Å². The number of aromatic nitrogens is 2. The van der Waals surface area contributed by atoms with Crippen LogP contribution in [0.25, 0.3) is 0 Å². The number of carbonyl (C=O) groups is 1. The van der Waals surface area contributed by atoms with E-state index in [1.807, 2.05) is 6.07 Å². The van der Waals surface area contributed by atoms with Crippen LogP contribution in [0.4, 0.5) is 5.69 Å². The number of aryl methyl sites for hydroxylation is 2. The van der Waals surface area contributed by atoms with Gasteiger partial charge in [0.25, 0.3) is 5.91 Å². The van der Waals surface area contributed by atoms with Gasteiger partial charge in [0.15, 0.2) is 0 Å². The number of hydrogen-bond acceptors (Lipinski definition) is 4. The molecule has 0 radical (unpaired) electrons. The molecule has 0 spiro atoms. The summed E-state index contributed by atoms with van der Waals surface area (Å²) in [5.74, 6) is -0.253. The Morgan fingerprint density at radius 2 is 2.00 bits per heavy atom. The Labute approximate surface area is 111 Å². The summed E-state index contributed by atoms with van der Waals surface area (Å²) in [6, 6.07) is 8.82. The molecule has 0 fully saturated rings. The number of nitrogens with zero attached hydrogens (tertiary/aromatic N) is 2. The molecule has 2 N–H and O–H groups in total. The van der Waals surface area contributed by atoms with Crippen LogP contribution < -0.4 is 5.32 Å². The third-order valence-electron chi connectivity index (χ3n) is 2.78. The third kappa shape index (κ3) is 2.95. The van der Waals surface area contributed by atoms with Gasteiger partial charge in [0.1, 0.15) is 0 Å². The zero-order chi connectivity index (χ0) is 13.8. The Bertz CT molecular complexity index is 611. The van der Waals surface area contributed by atoms with E-state index < -0.39 is 0 Å². The molecule has 0 unspecified atom stereocenters. The molecule has 1 aromatic heterocycles. The summed E-state index contributed by atoms with van der Waals surface area (Å²) in [5.41, 5.74) is 3.02. The molecule has 5 nitrogen and oxygen atoms in total. The highest BCUT2D eigenvalue weighted by atomic mass is 16.3. The first kappa shape index (κ1) is 13.2. The largest absolute Gasteiger partial charge is 0.392 e. The maximum absolute atomic E-state index is 12.2. The van der Waals surface area contributed by atoms with E-state index in [0.29, 0.717) is 28.2 Å². The molecule has 0 atom stereocenters. The van der Waals surface area contributed by atoms with Crippen LogP contribution in [-0.4, -0.2) is 21.2 Å². The second-order valence-electron chi connectivity index (χ2n) is 4.25. The first-order valence-electron chi connectivity index (χ1n) is 5.93.